The van der Waals surface area contributed by atoms with Gasteiger partial charge in [0.2, 0.25) is 5.95 Å². The second kappa shape index (κ2) is 9.69. The van der Waals surface area contributed by atoms with Crippen LogP contribution in [0.4, 0.5) is 5.95 Å². The molecule has 3 aromatic heterocycles. The molecule has 0 fully saturated rings. The van der Waals surface area contributed by atoms with Gasteiger partial charge < -0.3 is 9.47 Å². The average molecular weight is 453 g/mol. The van der Waals surface area contributed by atoms with Gasteiger partial charge in [-0.3, -0.25) is 14.0 Å². The molecule has 0 aliphatic rings. The quantitative estimate of drug-likeness (QED) is 0.303. The van der Waals surface area contributed by atoms with E-state index < -0.39 is 0 Å². The Hall–Kier alpha value is -3.60. The molecule has 0 atom stereocenters. The molecular weight excluding hydrogens is 428 g/mol. The molecule has 11 heteroatoms. The number of hydrogen-bond donors (Lipinski definition) is 1. The zero-order valence-corrected chi connectivity index (χ0v) is 19.1. The van der Waals surface area contributed by atoms with E-state index in [4.69, 9.17) is 9.47 Å². The predicted octanol–water partition coefficient (Wildman–Crippen LogP) is 3.09. The summed E-state index contributed by atoms with van der Waals surface area (Å²) >= 11 is 1.49. The van der Waals surface area contributed by atoms with Gasteiger partial charge in [0.15, 0.2) is 5.82 Å². The maximum atomic E-state index is 5.62. The van der Waals surface area contributed by atoms with E-state index >= 15 is 0 Å². The number of benzene rings is 1. The van der Waals surface area contributed by atoms with Crippen molar-refractivity contribution in [2.24, 2.45) is 7.05 Å². The van der Waals surface area contributed by atoms with Crippen molar-refractivity contribution < 1.29 is 9.47 Å². The van der Waals surface area contributed by atoms with Crippen molar-refractivity contribution in [3.05, 3.63) is 54.2 Å². The van der Waals surface area contributed by atoms with Gasteiger partial charge in [-0.2, -0.15) is 5.10 Å². The van der Waals surface area contributed by atoms with Crippen LogP contribution < -0.4 is 14.2 Å². The summed E-state index contributed by atoms with van der Waals surface area (Å²) in [5.41, 5.74) is 2.41. The molecule has 32 heavy (non-hydrogen) atoms. The Morgan fingerprint density at radius 2 is 1.75 bits per heavy atom. The van der Waals surface area contributed by atoms with Gasteiger partial charge in [0, 0.05) is 37.8 Å². The van der Waals surface area contributed by atoms with E-state index in [1.807, 2.05) is 61.4 Å². The van der Waals surface area contributed by atoms with Crippen molar-refractivity contribution in [2.75, 3.05) is 24.7 Å². The lowest BCUT2D eigenvalue weighted by atomic mass is 10.2. The van der Waals surface area contributed by atoms with Gasteiger partial charge in [0.1, 0.15) is 28.7 Å². The third-order valence-corrected chi connectivity index (χ3v) is 5.39. The molecule has 0 aliphatic carbocycles. The monoisotopic (exact) mass is 452 g/mol. The van der Waals surface area contributed by atoms with Crippen LogP contribution >= 0.6 is 11.9 Å². The van der Waals surface area contributed by atoms with Gasteiger partial charge in [0.05, 0.1) is 14.2 Å². The minimum atomic E-state index is 0.531. The third kappa shape index (κ3) is 4.52. The molecule has 4 rings (SSSR count). The second-order valence-corrected chi connectivity index (χ2v) is 7.85. The van der Waals surface area contributed by atoms with Crippen LogP contribution in [0.1, 0.15) is 11.4 Å². The first-order valence-electron chi connectivity index (χ1n) is 9.93. The van der Waals surface area contributed by atoms with Crippen molar-refractivity contribution >= 4 is 17.9 Å². The van der Waals surface area contributed by atoms with Crippen LogP contribution in [-0.2, 0) is 13.5 Å². The van der Waals surface area contributed by atoms with Crippen molar-refractivity contribution in [3.8, 4) is 28.7 Å². The second-order valence-electron chi connectivity index (χ2n) is 6.95. The summed E-state index contributed by atoms with van der Waals surface area (Å²) in [5.74, 6) is 3.90. The van der Waals surface area contributed by atoms with Crippen molar-refractivity contribution in [1.82, 2.24) is 34.5 Å². The Morgan fingerprint density at radius 1 is 1.03 bits per heavy atom. The molecule has 0 bridgehead atoms. The topological polar surface area (TPSA) is 105 Å². The predicted molar refractivity (Wildman–Crippen MR) is 123 cm³/mol. The Balaban J connectivity index is 1.65. The van der Waals surface area contributed by atoms with Gasteiger partial charge in [0.25, 0.3) is 0 Å². The molecule has 0 amide bonds. The molecule has 10 nitrogen and oxygen atoms in total. The summed E-state index contributed by atoms with van der Waals surface area (Å²) in [6, 6.07) is 7.49. The lowest BCUT2D eigenvalue weighted by Crippen LogP contribution is -2.07. The largest absolute Gasteiger partial charge is 0.494 e. The summed E-state index contributed by atoms with van der Waals surface area (Å²) in [4.78, 5) is 8.70. The Kier molecular flexibility index (Phi) is 6.55. The summed E-state index contributed by atoms with van der Waals surface area (Å²) in [6.07, 6.45) is 6.22. The van der Waals surface area contributed by atoms with E-state index in [-0.39, 0.29) is 0 Å². The van der Waals surface area contributed by atoms with Crippen molar-refractivity contribution in [2.45, 2.75) is 13.3 Å². The van der Waals surface area contributed by atoms with E-state index in [2.05, 4.69) is 30.0 Å². The maximum Gasteiger partial charge on any atom is 0.239 e. The molecule has 166 valence electrons. The summed E-state index contributed by atoms with van der Waals surface area (Å²) in [6.45, 7) is 1.97. The van der Waals surface area contributed by atoms with E-state index in [9.17, 15) is 0 Å². The minimum absolute atomic E-state index is 0.531. The van der Waals surface area contributed by atoms with Gasteiger partial charge in [-0.25, -0.2) is 9.97 Å². The van der Waals surface area contributed by atoms with Crippen LogP contribution in [0.15, 0.2) is 42.9 Å². The summed E-state index contributed by atoms with van der Waals surface area (Å²) in [5, 5.41) is 13.3. The minimum Gasteiger partial charge on any atom is -0.494 e. The van der Waals surface area contributed by atoms with Crippen molar-refractivity contribution in [1.29, 1.82) is 0 Å². The molecule has 0 saturated heterocycles. The first kappa shape index (κ1) is 21.6. The zero-order chi connectivity index (χ0) is 22.5. The van der Waals surface area contributed by atoms with Crippen LogP contribution in [0.2, 0.25) is 0 Å². The molecule has 0 unspecified atom stereocenters. The molecule has 0 aliphatic heterocycles. The smallest absolute Gasteiger partial charge is 0.239 e. The lowest BCUT2D eigenvalue weighted by Gasteiger charge is -2.17. The van der Waals surface area contributed by atoms with E-state index in [0.29, 0.717) is 34.7 Å². The number of nitrogens with zero attached hydrogens (tertiary/aromatic N) is 7. The molecule has 3 heterocycles. The number of aromatic nitrogens is 7. The summed E-state index contributed by atoms with van der Waals surface area (Å²) < 4.78 is 18.1. The van der Waals surface area contributed by atoms with Gasteiger partial charge >= 0.3 is 0 Å². The molecule has 0 spiro atoms. The highest BCUT2D eigenvalue weighted by Crippen LogP contribution is 2.37. The molecule has 1 aromatic carbocycles. The van der Waals surface area contributed by atoms with Crippen LogP contribution in [0.25, 0.3) is 17.2 Å². The number of aryl methyl sites for hydroxylation is 3. The molecule has 1 N–H and O–H groups in total. The average Bonchev–Trinajstić information content (AvgIpc) is 3.43. The fraction of sp³-hybridized carbons (Fsp3) is 0.286. The van der Waals surface area contributed by atoms with Crippen LogP contribution in [0.5, 0.6) is 11.5 Å². The van der Waals surface area contributed by atoms with E-state index in [1.165, 1.54) is 11.9 Å². The number of ether oxygens (including phenoxy) is 2. The molecule has 0 radical (unpaired) electrons. The molecule has 4 aromatic rings. The Labute approximate surface area is 190 Å². The van der Waals surface area contributed by atoms with Gasteiger partial charge in [-0.05, 0) is 42.6 Å². The number of methoxy groups -OCH3 is 2. The number of nitrogens with one attached hydrogen (secondary N) is 1. The zero-order valence-electron chi connectivity index (χ0n) is 18.3. The molecule has 0 saturated carbocycles. The highest BCUT2D eigenvalue weighted by molar-refractivity contribution is 8.00. The Bertz CT molecular complexity index is 1170. The van der Waals surface area contributed by atoms with E-state index in [0.717, 1.165) is 23.6 Å². The number of rotatable bonds is 9. The highest BCUT2D eigenvalue weighted by atomic mass is 32.2. The molecular formula is C21H24N8O2S. The summed E-state index contributed by atoms with van der Waals surface area (Å²) in [7, 11) is 5.09. The Morgan fingerprint density at radius 3 is 2.38 bits per heavy atom. The number of anilines is 1. The van der Waals surface area contributed by atoms with Crippen molar-refractivity contribution in [3.63, 3.8) is 0 Å². The van der Waals surface area contributed by atoms with E-state index in [1.54, 1.807) is 18.9 Å². The van der Waals surface area contributed by atoms with Gasteiger partial charge in [-0.15, -0.1) is 10.2 Å². The normalized spacial score (nSPS) is 10.9. The number of hydrogen-bond acceptors (Lipinski definition) is 9. The van der Waals surface area contributed by atoms with Crippen LogP contribution in [-0.4, -0.2) is 54.5 Å². The van der Waals surface area contributed by atoms with Crippen LogP contribution in [0.3, 0.4) is 0 Å². The fourth-order valence-corrected chi connectivity index (χ4v) is 3.77. The maximum absolute atomic E-state index is 5.62. The van der Waals surface area contributed by atoms with Crippen LogP contribution in [0, 0.1) is 6.92 Å². The fourth-order valence-electron chi connectivity index (χ4n) is 3.12. The standard InChI is InChI=1S/C21H24N8O2S/c1-14-12-22-18(23-13-14)9-11-32-27-21-25-24-20(15-8-10-28(2)26-15)29(21)19-16(30-3)6-5-7-17(19)31-4/h5-8,10,12-13H,9,11H2,1-4H3,(H,25,27). The number of para-hydroxylation sites is 1. The first-order chi connectivity index (χ1) is 15.6. The first-order valence-corrected chi connectivity index (χ1v) is 10.9. The highest BCUT2D eigenvalue weighted by Gasteiger charge is 2.23. The van der Waals surface area contributed by atoms with Gasteiger partial charge in [-0.1, -0.05) is 6.07 Å². The third-order valence-electron chi connectivity index (χ3n) is 4.66. The SMILES string of the molecule is COc1cccc(OC)c1-n1c(NSCCc2ncc(C)cn2)nnc1-c1ccn(C)n1. The lowest BCUT2D eigenvalue weighted by molar-refractivity contribution is 0.391.